The molecule has 92 valence electrons. The Labute approximate surface area is 119 Å². The Kier molecular flexibility index (Phi) is 3.96. The maximum Gasteiger partial charge on any atom is 0.00843 e. The minimum absolute atomic E-state index is 0.379. The van der Waals surface area contributed by atoms with E-state index >= 15 is 0 Å². The van der Waals surface area contributed by atoms with Crippen molar-refractivity contribution >= 4 is 22.6 Å². The average Bonchev–Trinajstić information content (AvgIpc) is 2.59. The Morgan fingerprint density at radius 1 is 1.59 bits per heavy atom. The molecule has 0 amide bonds. The first-order valence-electron chi connectivity index (χ1n) is 6.43. The van der Waals surface area contributed by atoms with E-state index in [2.05, 4.69) is 61.2 Å². The van der Waals surface area contributed by atoms with Gasteiger partial charge in [-0.2, -0.15) is 0 Å². The van der Waals surface area contributed by atoms with Crippen LogP contribution in [0.2, 0.25) is 0 Å². The molecule has 0 aromatic carbocycles. The second-order valence-corrected chi connectivity index (χ2v) is 6.94. The highest BCUT2D eigenvalue weighted by Gasteiger charge is 2.37. The lowest BCUT2D eigenvalue weighted by Gasteiger charge is -2.21. The van der Waals surface area contributed by atoms with Crippen LogP contribution in [0.4, 0.5) is 0 Å². The van der Waals surface area contributed by atoms with Crippen molar-refractivity contribution in [2.75, 3.05) is 0 Å². The molecule has 0 bridgehead atoms. The molecule has 0 radical (unpaired) electrons. The minimum atomic E-state index is 0.379. The summed E-state index contributed by atoms with van der Waals surface area (Å²) in [5.41, 5.74) is 3.72. The number of halogens is 1. The second-order valence-electron chi connectivity index (χ2n) is 5.69. The van der Waals surface area contributed by atoms with Crippen molar-refractivity contribution in [1.82, 2.24) is 0 Å². The molecule has 0 saturated heterocycles. The summed E-state index contributed by atoms with van der Waals surface area (Å²) in [7, 11) is 0. The molecular formula is C16H21I. The van der Waals surface area contributed by atoms with E-state index in [1.54, 1.807) is 11.1 Å². The highest BCUT2D eigenvalue weighted by atomic mass is 127. The van der Waals surface area contributed by atoms with Crippen molar-refractivity contribution in [2.45, 2.75) is 39.5 Å². The normalized spacial score (nSPS) is 27.2. The third-order valence-corrected chi connectivity index (χ3v) is 4.86. The molecule has 1 heteroatoms. The molecule has 0 unspecified atom stereocenters. The standard InChI is InChI=1S/C16H21I/c1-4-13(17)10-9-12-11-16(2,3)15-8-6-5-7-14(12)15/h4,6,8,10,12H,1,5,7,9,11H2,2-3H3/b13-10+/t12-/m0/s1. The monoisotopic (exact) mass is 340 g/mol. The molecule has 0 nitrogen and oxygen atoms in total. The van der Waals surface area contributed by atoms with Gasteiger partial charge in [0.2, 0.25) is 0 Å². The fraction of sp³-hybridized carbons (Fsp3) is 0.500. The molecule has 0 aromatic heterocycles. The van der Waals surface area contributed by atoms with E-state index in [0.717, 1.165) is 5.92 Å². The molecule has 17 heavy (non-hydrogen) atoms. The van der Waals surface area contributed by atoms with E-state index in [-0.39, 0.29) is 0 Å². The molecule has 0 aliphatic heterocycles. The van der Waals surface area contributed by atoms with Crippen LogP contribution in [0, 0.1) is 11.3 Å². The molecule has 0 saturated carbocycles. The zero-order chi connectivity index (χ0) is 12.5. The van der Waals surface area contributed by atoms with Crippen LogP contribution < -0.4 is 0 Å². The van der Waals surface area contributed by atoms with E-state index in [9.17, 15) is 0 Å². The quantitative estimate of drug-likeness (QED) is 0.465. The van der Waals surface area contributed by atoms with Gasteiger partial charge < -0.3 is 0 Å². The number of hydrogen-bond donors (Lipinski definition) is 0. The van der Waals surface area contributed by atoms with Gasteiger partial charge in [0.1, 0.15) is 0 Å². The van der Waals surface area contributed by atoms with Gasteiger partial charge in [0.25, 0.3) is 0 Å². The molecule has 0 spiro atoms. The summed E-state index contributed by atoms with van der Waals surface area (Å²) in [6, 6.07) is 0. The Balaban J connectivity index is 2.19. The molecule has 0 N–H and O–H groups in total. The van der Waals surface area contributed by atoms with Crippen LogP contribution in [0.1, 0.15) is 39.5 Å². The fourth-order valence-corrected chi connectivity index (χ4v) is 3.43. The summed E-state index contributed by atoms with van der Waals surface area (Å²) >= 11 is 2.36. The Morgan fingerprint density at radius 3 is 3.06 bits per heavy atom. The van der Waals surface area contributed by atoms with E-state index in [1.807, 2.05) is 6.08 Å². The first-order valence-corrected chi connectivity index (χ1v) is 7.50. The third-order valence-electron chi connectivity index (χ3n) is 3.98. The zero-order valence-corrected chi connectivity index (χ0v) is 13.0. The molecule has 2 aliphatic carbocycles. The summed E-state index contributed by atoms with van der Waals surface area (Å²) in [4.78, 5) is 0. The van der Waals surface area contributed by atoms with Crippen LogP contribution in [0.15, 0.2) is 45.6 Å². The van der Waals surface area contributed by atoms with Crippen molar-refractivity contribution in [3.05, 3.63) is 45.6 Å². The van der Waals surface area contributed by atoms with Crippen LogP contribution in [0.25, 0.3) is 0 Å². The van der Waals surface area contributed by atoms with Gasteiger partial charge in [-0.3, -0.25) is 0 Å². The summed E-state index contributed by atoms with van der Waals surface area (Å²) < 4.78 is 1.28. The lowest BCUT2D eigenvalue weighted by atomic mass is 9.83. The van der Waals surface area contributed by atoms with Gasteiger partial charge in [-0.05, 0) is 65.2 Å². The van der Waals surface area contributed by atoms with Gasteiger partial charge in [-0.1, -0.05) is 50.3 Å². The van der Waals surface area contributed by atoms with E-state index < -0.39 is 0 Å². The largest absolute Gasteiger partial charge is 0.0980 e. The van der Waals surface area contributed by atoms with Crippen molar-refractivity contribution in [3.63, 3.8) is 0 Å². The van der Waals surface area contributed by atoms with Gasteiger partial charge in [0.05, 0.1) is 0 Å². The lowest BCUT2D eigenvalue weighted by Crippen LogP contribution is -2.10. The number of hydrogen-bond acceptors (Lipinski definition) is 0. The topological polar surface area (TPSA) is 0 Å². The van der Waals surface area contributed by atoms with Crippen LogP contribution in [0.5, 0.6) is 0 Å². The number of allylic oxidation sites excluding steroid dienone is 7. The lowest BCUT2D eigenvalue weighted by molar-refractivity contribution is 0.394. The average molecular weight is 340 g/mol. The Hall–Kier alpha value is -0.310. The minimum Gasteiger partial charge on any atom is -0.0980 e. The summed E-state index contributed by atoms with van der Waals surface area (Å²) in [5, 5.41) is 0. The summed E-state index contributed by atoms with van der Waals surface area (Å²) in [5.74, 6) is 0.759. The van der Waals surface area contributed by atoms with Crippen molar-refractivity contribution in [1.29, 1.82) is 0 Å². The van der Waals surface area contributed by atoms with Gasteiger partial charge in [0.15, 0.2) is 0 Å². The Morgan fingerprint density at radius 2 is 2.35 bits per heavy atom. The smallest absolute Gasteiger partial charge is 0.00843 e. The first-order chi connectivity index (χ1) is 8.04. The third kappa shape index (κ3) is 2.75. The number of rotatable bonds is 3. The van der Waals surface area contributed by atoms with Crippen LogP contribution in [0.3, 0.4) is 0 Å². The van der Waals surface area contributed by atoms with Gasteiger partial charge in [-0.15, -0.1) is 0 Å². The van der Waals surface area contributed by atoms with E-state index in [1.165, 1.54) is 29.3 Å². The molecule has 0 fully saturated rings. The molecule has 0 heterocycles. The predicted molar refractivity (Wildman–Crippen MR) is 84.2 cm³/mol. The fourth-order valence-electron chi connectivity index (χ4n) is 3.18. The highest BCUT2D eigenvalue weighted by molar-refractivity contribution is 14.1. The van der Waals surface area contributed by atoms with Crippen LogP contribution in [-0.4, -0.2) is 0 Å². The maximum atomic E-state index is 3.82. The predicted octanol–water partition coefficient (Wildman–Crippen LogP) is 5.57. The zero-order valence-electron chi connectivity index (χ0n) is 10.8. The Bertz CT molecular complexity index is 407. The molecular weight excluding hydrogens is 319 g/mol. The van der Waals surface area contributed by atoms with Gasteiger partial charge >= 0.3 is 0 Å². The molecule has 2 rings (SSSR count). The maximum absolute atomic E-state index is 3.82. The van der Waals surface area contributed by atoms with Crippen molar-refractivity contribution in [2.24, 2.45) is 11.3 Å². The van der Waals surface area contributed by atoms with Crippen molar-refractivity contribution < 1.29 is 0 Å². The van der Waals surface area contributed by atoms with Crippen LogP contribution >= 0.6 is 22.6 Å². The molecule has 1 atom stereocenters. The summed E-state index contributed by atoms with van der Waals surface area (Å²) in [6.45, 7) is 8.60. The van der Waals surface area contributed by atoms with E-state index in [4.69, 9.17) is 0 Å². The van der Waals surface area contributed by atoms with Crippen LogP contribution in [-0.2, 0) is 0 Å². The summed E-state index contributed by atoms with van der Waals surface area (Å²) in [6.07, 6.45) is 14.0. The SMILES string of the molecule is C=C/C(I)=C\C[C@H]1CC(C)(C)C2=C1CCC=C2. The van der Waals surface area contributed by atoms with Crippen molar-refractivity contribution in [3.8, 4) is 0 Å². The highest BCUT2D eigenvalue weighted by Crippen LogP contribution is 2.50. The molecule has 2 aliphatic rings. The first kappa shape index (κ1) is 13.1. The van der Waals surface area contributed by atoms with Gasteiger partial charge in [0, 0.05) is 3.58 Å². The molecule has 0 aromatic rings. The van der Waals surface area contributed by atoms with E-state index in [0.29, 0.717) is 5.41 Å². The second kappa shape index (κ2) is 5.13. The van der Waals surface area contributed by atoms with Gasteiger partial charge in [-0.25, -0.2) is 0 Å².